The number of hydrogen-bond donors (Lipinski definition) is 2. The highest BCUT2D eigenvalue weighted by molar-refractivity contribution is 5.88. The first-order chi connectivity index (χ1) is 7.68. The van der Waals surface area contributed by atoms with Crippen LogP contribution in [0.4, 0.5) is 5.95 Å². The van der Waals surface area contributed by atoms with Crippen molar-refractivity contribution in [2.24, 2.45) is 0 Å². The maximum atomic E-state index is 11.3. The lowest BCUT2D eigenvalue weighted by atomic mass is 10.2. The number of nitrogens with one attached hydrogen (secondary N) is 1. The lowest BCUT2D eigenvalue weighted by Gasteiger charge is -2.01. The molecule has 1 aromatic heterocycles. The van der Waals surface area contributed by atoms with E-state index in [-0.39, 0.29) is 24.7 Å². The fourth-order valence-electron chi connectivity index (χ4n) is 1.05. The van der Waals surface area contributed by atoms with Gasteiger partial charge in [0, 0.05) is 12.8 Å². The number of carbonyl (C=O) groups excluding carboxylic acids is 1. The molecule has 1 aromatic rings. The molecule has 2 N–H and O–H groups in total. The Labute approximate surface area is 91.9 Å². The van der Waals surface area contributed by atoms with E-state index in [9.17, 15) is 9.59 Å². The first kappa shape index (κ1) is 12.0. The Bertz CT molecular complexity index is 355. The van der Waals surface area contributed by atoms with Crippen molar-refractivity contribution in [3.63, 3.8) is 0 Å². The molecular formula is C9H12N4O3. The number of hydrogen-bond acceptors (Lipinski definition) is 5. The Hall–Kier alpha value is -2.05. The molecule has 0 aliphatic heterocycles. The fourth-order valence-corrected chi connectivity index (χ4v) is 1.05. The zero-order chi connectivity index (χ0) is 11.8. The standard InChI is InChI=1S/C9H12N4O3/c14-7(3-1-2-4-8(15)16)12-9-10-5-6-11-13-9/h5-6H,1-4H2,(H,15,16)(H,10,12,13,14). The number of nitrogens with zero attached hydrogens (tertiary/aromatic N) is 3. The quantitative estimate of drug-likeness (QED) is 0.680. The number of carbonyl (C=O) groups is 2. The number of aliphatic carboxylic acids is 1. The Morgan fingerprint density at radius 1 is 1.25 bits per heavy atom. The molecule has 1 heterocycles. The first-order valence-corrected chi connectivity index (χ1v) is 4.84. The summed E-state index contributed by atoms with van der Waals surface area (Å²) in [6.07, 6.45) is 4.17. The summed E-state index contributed by atoms with van der Waals surface area (Å²) < 4.78 is 0. The second-order valence-corrected chi connectivity index (χ2v) is 3.12. The summed E-state index contributed by atoms with van der Waals surface area (Å²) in [5.74, 6) is -0.930. The van der Waals surface area contributed by atoms with E-state index in [2.05, 4.69) is 20.5 Å². The summed E-state index contributed by atoms with van der Waals surface area (Å²) in [5.41, 5.74) is 0. The van der Waals surface area contributed by atoms with Crippen molar-refractivity contribution in [2.45, 2.75) is 25.7 Å². The summed E-state index contributed by atoms with van der Waals surface area (Å²) in [7, 11) is 0. The monoisotopic (exact) mass is 224 g/mol. The molecule has 16 heavy (non-hydrogen) atoms. The highest BCUT2D eigenvalue weighted by atomic mass is 16.4. The minimum Gasteiger partial charge on any atom is -0.481 e. The molecule has 7 heteroatoms. The summed E-state index contributed by atoms with van der Waals surface area (Å²) >= 11 is 0. The third kappa shape index (κ3) is 4.99. The second-order valence-electron chi connectivity index (χ2n) is 3.12. The molecule has 0 saturated carbocycles. The Morgan fingerprint density at radius 3 is 2.62 bits per heavy atom. The number of rotatable bonds is 6. The minimum atomic E-state index is -0.851. The van der Waals surface area contributed by atoms with Gasteiger partial charge in [0.25, 0.3) is 0 Å². The van der Waals surface area contributed by atoms with Crippen molar-refractivity contribution in [1.29, 1.82) is 0 Å². The fraction of sp³-hybridized carbons (Fsp3) is 0.444. The minimum absolute atomic E-state index is 0.0800. The maximum absolute atomic E-state index is 11.3. The molecule has 0 aromatic carbocycles. The van der Waals surface area contributed by atoms with Crippen LogP contribution in [0.2, 0.25) is 0 Å². The van der Waals surface area contributed by atoms with E-state index >= 15 is 0 Å². The molecule has 1 rings (SSSR count). The normalized spacial score (nSPS) is 9.75. The average Bonchev–Trinajstić information content (AvgIpc) is 2.25. The topological polar surface area (TPSA) is 105 Å². The predicted octanol–water partition coefficient (Wildman–Crippen LogP) is 0.455. The summed E-state index contributed by atoms with van der Waals surface area (Å²) in [5, 5.41) is 18.0. The smallest absolute Gasteiger partial charge is 0.303 e. The number of carboxylic acid groups (broad SMARTS) is 1. The second kappa shape index (κ2) is 6.44. The van der Waals surface area contributed by atoms with Crippen LogP contribution in [0.1, 0.15) is 25.7 Å². The first-order valence-electron chi connectivity index (χ1n) is 4.84. The van der Waals surface area contributed by atoms with Gasteiger partial charge in [-0.1, -0.05) is 0 Å². The van der Waals surface area contributed by atoms with Gasteiger partial charge in [0.1, 0.15) is 0 Å². The van der Waals surface area contributed by atoms with Gasteiger partial charge in [-0.3, -0.25) is 14.9 Å². The van der Waals surface area contributed by atoms with E-state index in [4.69, 9.17) is 5.11 Å². The molecule has 0 radical (unpaired) electrons. The molecule has 0 aliphatic carbocycles. The van der Waals surface area contributed by atoms with E-state index < -0.39 is 5.97 Å². The Balaban J connectivity index is 2.19. The van der Waals surface area contributed by atoms with Gasteiger partial charge in [0.05, 0.1) is 12.4 Å². The molecule has 0 aliphatic rings. The number of anilines is 1. The molecule has 0 atom stereocenters. The van der Waals surface area contributed by atoms with Crippen molar-refractivity contribution in [3.8, 4) is 0 Å². The number of aromatic nitrogens is 3. The number of carboxylic acids is 1. The maximum Gasteiger partial charge on any atom is 0.303 e. The van der Waals surface area contributed by atoms with E-state index in [1.165, 1.54) is 12.4 Å². The largest absolute Gasteiger partial charge is 0.481 e. The van der Waals surface area contributed by atoms with Gasteiger partial charge in [-0.2, -0.15) is 5.10 Å². The van der Waals surface area contributed by atoms with Crippen LogP contribution >= 0.6 is 0 Å². The zero-order valence-corrected chi connectivity index (χ0v) is 8.59. The third-order valence-electron chi connectivity index (χ3n) is 1.78. The molecule has 0 bridgehead atoms. The van der Waals surface area contributed by atoms with Gasteiger partial charge < -0.3 is 5.11 Å². The molecule has 0 spiro atoms. The van der Waals surface area contributed by atoms with Crippen LogP contribution in [0.3, 0.4) is 0 Å². The molecule has 7 nitrogen and oxygen atoms in total. The van der Waals surface area contributed by atoms with E-state index in [1.807, 2.05) is 0 Å². The SMILES string of the molecule is O=C(O)CCCCC(=O)Nc1nccnn1. The number of amides is 1. The van der Waals surface area contributed by atoms with Gasteiger partial charge in [-0.15, -0.1) is 5.10 Å². The highest BCUT2D eigenvalue weighted by Gasteiger charge is 2.04. The van der Waals surface area contributed by atoms with E-state index in [0.717, 1.165) is 0 Å². The van der Waals surface area contributed by atoms with E-state index in [1.54, 1.807) is 0 Å². The van der Waals surface area contributed by atoms with Gasteiger partial charge in [-0.25, -0.2) is 4.98 Å². The van der Waals surface area contributed by atoms with Crippen molar-refractivity contribution in [3.05, 3.63) is 12.4 Å². The molecule has 0 fully saturated rings. The van der Waals surface area contributed by atoms with Crippen LogP contribution < -0.4 is 5.32 Å². The summed E-state index contributed by atoms with van der Waals surface area (Å²) in [6.45, 7) is 0. The van der Waals surface area contributed by atoms with Crippen molar-refractivity contribution in [1.82, 2.24) is 15.2 Å². The van der Waals surface area contributed by atoms with Crippen molar-refractivity contribution < 1.29 is 14.7 Å². The highest BCUT2D eigenvalue weighted by Crippen LogP contribution is 2.02. The lowest BCUT2D eigenvalue weighted by Crippen LogP contribution is -2.13. The third-order valence-corrected chi connectivity index (χ3v) is 1.78. The molecule has 86 valence electrons. The molecule has 0 saturated heterocycles. The van der Waals surface area contributed by atoms with Gasteiger partial charge in [0.2, 0.25) is 11.9 Å². The molecular weight excluding hydrogens is 212 g/mol. The van der Waals surface area contributed by atoms with Gasteiger partial charge in [0.15, 0.2) is 0 Å². The van der Waals surface area contributed by atoms with Gasteiger partial charge in [-0.05, 0) is 12.8 Å². The van der Waals surface area contributed by atoms with E-state index in [0.29, 0.717) is 12.8 Å². The average molecular weight is 224 g/mol. The van der Waals surface area contributed by atoms with Crippen molar-refractivity contribution >= 4 is 17.8 Å². The lowest BCUT2D eigenvalue weighted by molar-refractivity contribution is -0.137. The Morgan fingerprint density at radius 2 is 2.00 bits per heavy atom. The van der Waals surface area contributed by atoms with Crippen LogP contribution in [-0.2, 0) is 9.59 Å². The molecule has 1 amide bonds. The van der Waals surface area contributed by atoms with Crippen LogP contribution in [0, 0.1) is 0 Å². The molecule has 0 unspecified atom stereocenters. The van der Waals surface area contributed by atoms with Crippen LogP contribution in [0.25, 0.3) is 0 Å². The van der Waals surface area contributed by atoms with Crippen LogP contribution in [0.5, 0.6) is 0 Å². The number of unbranched alkanes of at least 4 members (excludes halogenated alkanes) is 1. The Kier molecular flexibility index (Phi) is 4.84. The summed E-state index contributed by atoms with van der Waals surface area (Å²) in [4.78, 5) is 25.3. The van der Waals surface area contributed by atoms with Crippen LogP contribution in [0.15, 0.2) is 12.4 Å². The van der Waals surface area contributed by atoms with Gasteiger partial charge >= 0.3 is 5.97 Å². The predicted molar refractivity (Wildman–Crippen MR) is 54.6 cm³/mol. The van der Waals surface area contributed by atoms with Crippen LogP contribution in [-0.4, -0.2) is 32.2 Å². The summed E-state index contributed by atoms with van der Waals surface area (Å²) in [6, 6.07) is 0. The van der Waals surface area contributed by atoms with Crippen molar-refractivity contribution in [2.75, 3.05) is 5.32 Å². The zero-order valence-electron chi connectivity index (χ0n) is 8.59.